The molecule has 1 saturated carbocycles. The maximum atomic E-state index is 6.04. The number of hydrogen-bond donors (Lipinski definition) is 1. The maximum absolute atomic E-state index is 6.04. The monoisotopic (exact) mass is 251 g/mol. The van der Waals surface area contributed by atoms with Gasteiger partial charge in [-0.1, -0.05) is 19.3 Å². The van der Waals surface area contributed by atoms with Gasteiger partial charge in [0.1, 0.15) is 0 Å². The standard InChI is InChI=1S/C15H29N3/c16-11-13-5-2-1-3-7-15(13)18-10-9-17-8-4-6-14(17)12-18/h13-15H,1-12,16H2. The Morgan fingerprint density at radius 1 is 0.833 bits per heavy atom. The van der Waals surface area contributed by atoms with E-state index in [1.807, 2.05) is 0 Å². The van der Waals surface area contributed by atoms with Crippen molar-refractivity contribution in [3.05, 3.63) is 0 Å². The first-order valence-corrected chi connectivity index (χ1v) is 8.06. The van der Waals surface area contributed by atoms with Crippen molar-refractivity contribution in [2.24, 2.45) is 11.7 Å². The third kappa shape index (κ3) is 2.59. The fraction of sp³-hybridized carbons (Fsp3) is 1.00. The summed E-state index contributed by atoms with van der Waals surface area (Å²) in [7, 11) is 0. The van der Waals surface area contributed by atoms with Crippen molar-refractivity contribution in [3.63, 3.8) is 0 Å². The van der Waals surface area contributed by atoms with E-state index in [0.717, 1.165) is 24.5 Å². The Morgan fingerprint density at radius 3 is 2.56 bits per heavy atom. The van der Waals surface area contributed by atoms with Crippen LogP contribution in [0.2, 0.25) is 0 Å². The van der Waals surface area contributed by atoms with Crippen LogP contribution in [0.15, 0.2) is 0 Å². The molecule has 0 aromatic heterocycles. The van der Waals surface area contributed by atoms with E-state index in [-0.39, 0.29) is 0 Å². The number of hydrogen-bond acceptors (Lipinski definition) is 3. The molecule has 0 amide bonds. The number of nitrogens with two attached hydrogens (primary N) is 1. The van der Waals surface area contributed by atoms with E-state index in [1.165, 1.54) is 71.1 Å². The molecule has 18 heavy (non-hydrogen) atoms. The lowest BCUT2D eigenvalue weighted by molar-refractivity contribution is 0.0468. The first-order valence-electron chi connectivity index (χ1n) is 8.06. The largest absolute Gasteiger partial charge is 0.330 e. The van der Waals surface area contributed by atoms with Gasteiger partial charge in [0.15, 0.2) is 0 Å². The summed E-state index contributed by atoms with van der Waals surface area (Å²) in [5.41, 5.74) is 6.04. The van der Waals surface area contributed by atoms with E-state index in [1.54, 1.807) is 0 Å². The second kappa shape index (κ2) is 5.89. The third-order valence-electron chi connectivity index (χ3n) is 5.51. The molecule has 3 aliphatic rings. The van der Waals surface area contributed by atoms with Crippen LogP contribution in [-0.4, -0.2) is 54.6 Å². The molecule has 3 atom stereocenters. The maximum Gasteiger partial charge on any atom is 0.0224 e. The molecular formula is C15H29N3. The summed E-state index contributed by atoms with van der Waals surface area (Å²) in [6, 6.07) is 1.65. The fourth-order valence-electron chi connectivity index (χ4n) is 4.44. The van der Waals surface area contributed by atoms with Crippen molar-refractivity contribution < 1.29 is 0 Å². The normalized spacial score (nSPS) is 39.5. The smallest absolute Gasteiger partial charge is 0.0224 e. The van der Waals surface area contributed by atoms with E-state index in [9.17, 15) is 0 Å². The Hall–Kier alpha value is -0.120. The molecule has 0 aromatic rings. The van der Waals surface area contributed by atoms with Crippen LogP contribution in [0.1, 0.15) is 44.9 Å². The highest BCUT2D eigenvalue weighted by Gasteiger charge is 2.35. The van der Waals surface area contributed by atoms with E-state index in [0.29, 0.717) is 0 Å². The molecule has 0 aromatic carbocycles. The Morgan fingerprint density at radius 2 is 1.67 bits per heavy atom. The van der Waals surface area contributed by atoms with Crippen molar-refractivity contribution in [1.29, 1.82) is 0 Å². The van der Waals surface area contributed by atoms with Gasteiger partial charge in [0.25, 0.3) is 0 Å². The topological polar surface area (TPSA) is 32.5 Å². The van der Waals surface area contributed by atoms with E-state index < -0.39 is 0 Å². The van der Waals surface area contributed by atoms with Crippen molar-refractivity contribution >= 4 is 0 Å². The van der Waals surface area contributed by atoms with Gasteiger partial charge in [-0.2, -0.15) is 0 Å². The fourth-order valence-corrected chi connectivity index (χ4v) is 4.44. The Kier molecular flexibility index (Phi) is 4.22. The third-order valence-corrected chi connectivity index (χ3v) is 5.51. The molecule has 3 rings (SSSR count). The zero-order valence-corrected chi connectivity index (χ0v) is 11.7. The predicted molar refractivity (Wildman–Crippen MR) is 75.6 cm³/mol. The number of nitrogens with zero attached hydrogens (tertiary/aromatic N) is 2. The molecule has 2 aliphatic heterocycles. The molecule has 0 radical (unpaired) electrons. The van der Waals surface area contributed by atoms with Crippen LogP contribution in [-0.2, 0) is 0 Å². The van der Waals surface area contributed by atoms with Crippen LogP contribution >= 0.6 is 0 Å². The lowest BCUT2D eigenvalue weighted by Gasteiger charge is -2.43. The summed E-state index contributed by atoms with van der Waals surface area (Å²) in [5, 5.41) is 0. The molecule has 1 aliphatic carbocycles. The van der Waals surface area contributed by atoms with Gasteiger partial charge in [-0.05, 0) is 44.7 Å². The van der Waals surface area contributed by atoms with Gasteiger partial charge in [0.05, 0.1) is 0 Å². The van der Waals surface area contributed by atoms with Crippen LogP contribution < -0.4 is 5.73 Å². The van der Waals surface area contributed by atoms with Gasteiger partial charge in [-0.25, -0.2) is 0 Å². The van der Waals surface area contributed by atoms with Gasteiger partial charge >= 0.3 is 0 Å². The van der Waals surface area contributed by atoms with Gasteiger partial charge in [0, 0.05) is 31.7 Å². The van der Waals surface area contributed by atoms with E-state index in [2.05, 4.69) is 9.80 Å². The average Bonchev–Trinajstić information content (AvgIpc) is 2.74. The predicted octanol–water partition coefficient (Wildman–Crippen LogP) is 1.67. The van der Waals surface area contributed by atoms with E-state index in [4.69, 9.17) is 5.73 Å². The minimum atomic E-state index is 0.764. The molecule has 0 bridgehead atoms. The minimum absolute atomic E-state index is 0.764. The average molecular weight is 251 g/mol. The molecule has 3 fully saturated rings. The second-order valence-electron chi connectivity index (χ2n) is 6.53. The highest BCUT2D eigenvalue weighted by atomic mass is 15.3. The number of piperazine rings is 1. The molecule has 3 nitrogen and oxygen atoms in total. The molecule has 3 unspecified atom stereocenters. The van der Waals surface area contributed by atoms with E-state index >= 15 is 0 Å². The van der Waals surface area contributed by atoms with Gasteiger partial charge < -0.3 is 5.73 Å². The van der Waals surface area contributed by atoms with Gasteiger partial charge in [-0.3, -0.25) is 9.80 Å². The molecule has 2 N–H and O–H groups in total. The number of rotatable bonds is 2. The van der Waals surface area contributed by atoms with Crippen molar-refractivity contribution in [3.8, 4) is 0 Å². The van der Waals surface area contributed by atoms with Crippen LogP contribution in [0.3, 0.4) is 0 Å². The highest BCUT2D eigenvalue weighted by Crippen LogP contribution is 2.30. The number of fused-ring (bicyclic) bond motifs is 1. The summed E-state index contributed by atoms with van der Waals surface area (Å²) in [4.78, 5) is 5.51. The summed E-state index contributed by atoms with van der Waals surface area (Å²) in [5.74, 6) is 0.764. The van der Waals surface area contributed by atoms with Crippen LogP contribution in [0.4, 0.5) is 0 Å². The first kappa shape index (κ1) is 12.9. The van der Waals surface area contributed by atoms with Crippen molar-refractivity contribution in [2.75, 3.05) is 32.7 Å². The van der Waals surface area contributed by atoms with Gasteiger partial charge in [0.2, 0.25) is 0 Å². The highest BCUT2D eigenvalue weighted by molar-refractivity contribution is 4.92. The van der Waals surface area contributed by atoms with Crippen LogP contribution in [0.5, 0.6) is 0 Å². The van der Waals surface area contributed by atoms with Crippen LogP contribution in [0, 0.1) is 5.92 Å². The van der Waals surface area contributed by atoms with Crippen LogP contribution in [0.25, 0.3) is 0 Å². The first-order chi connectivity index (χ1) is 8.88. The quantitative estimate of drug-likeness (QED) is 0.758. The summed E-state index contributed by atoms with van der Waals surface area (Å²) in [6.45, 7) is 6.16. The Bertz CT molecular complexity index is 268. The summed E-state index contributed by atoms with van der Waals surface area (Å²) < 4.78 is 0. The molecule has 3 heteroatoms. The lowest BCUT2D eigenvalue weighted by atomic mass is 9.92. The Labute approximate surface area is 112 Å². The Balaban J connectivity index is 1.64. The van der Waals surface area contributed by atoms with Gasteiger partial charge in [-0.15, -0.1) is 0 Å². The molecule has 0 spiro atoms. The second-order valence-corrected chi connectivity index (χ2v) is 6.53. The SMILES string of the molecule is NCC1CCCCCC1N1CCN2CCCC2C1. The summed E-state index contributed by atoms with van der Waals surface area (Å²) >= 11 is 0. The summed E-state index contributed by atoms with van der Waals surface area (Å²) in [6.07, 6.45) is 9.87. The zero-order valence-electron chi connectivity index (χ0n) is 11.7. The zero-order chi connectivity index (χ0) is 12.4. The molecule has 2 saturated heterocycles. The minimum Gasteiger partial charge on any atom is -0.330 e. The molecule has 2 heterocycles. The molecular weight excluding hydrogens is 222 g/mol. The lowest BCUT2D eigenvalue weighted by Crippen LogP contribution is -2.55. The van der Waals surface area contributed by atoms with Crippen molar-refractivity contribution in [1.82, 2.24) is 9.80 Å². The van der Waals surface area contributed by atoms with Crippen molar-refractivity contribution in [2.45, 2.75) is 57.0 Å². The molecule has 104 valence electrons.